The molecule has 2 aliphatic carbocycles. The van der Waals surface area contributed by atoms with Crippen LogP contribution in [0, 0.1) is 23.1 Å². The van der Waals surface area contributed by atoms with E-state index < -0.39 is 11.7 Å². The van der Waals surface area contributed by atoms with Crippen LogP contribution >= 0.6 is 0 Å². The summed E-state index contributed by atoms with van der Waals surface area (Å²) in [6.07, 6.45) is 17.3. The van der Waals surface area contributed by atoms with Gasteiger partial charge in [0.1, 0.15) is 12.0 Å². The highest BCUT2D eigenvalue weighted by Gasteiger charge is 2.32. The molecule has 2 saturated heterocycles. The Hall–Kier alpha value is -5.60. The third-order valence-corrected chi connectivity index (χ3v) is 12.5. The third-order valence-electron chi connectivity index (χ3n) is 12.5. The van der Waals surface area contributed by atoms with Gasteiger partial charge >= 0.3 is 0 Å². The summed E-state index contributed by atoms with van der Waals surface area (Å²) in [4.78, 5) is 57.9. The minimum Gasteiger partial charge on any atom is -0.388 e. The van der Waals surface area contributed by atoms with Gasteiger partial charge in [-0.2, -0.15) is 0 Å². The van der Waals surface area contributed by atoms with E-state index in [-0.39, 0.29) is 35.0 Å². The molecule has 13 nitrogen and oxygen atoms in total. The van der Waals surface area contributed by atoms with Crippen LogP contribution < -0.4 is 26.8 Å². The Morgan fingerprint density at radius 1 is 0.887 bits per heavy atom. The zero-order chi connectivity index (χ0) is 44.0. The normalized spacial score (nSPS) is 21.0. The molecule has 3 atom stereocenters. The molecule has 2 aromatic heterocycles. The first-order valence-corrected chi connectivity index (χ1v) is 22.2. The van der Waals surface area contributed by atoms with E-state index in [0.29, 0.717) is 41.7 Å². The summed E-state index contributed by atoms with van der Waals surface area (Å²) in [7, 11) is 5.62. The number of halogens is 1. The van der Waals surface area contributed by atoms with Crippen LogP contribution in [0.15, 0.2) is 77.9 Å². The fourth-order valence-electron chi connectivity index (χ4n) is 9.21. The third kappa shape index (κ3) is 11.9. The van der Waals surface area contributed by atoms with Crippen molar-refractivity contribution in [3.8, 4) is 16.9 Å². The van der Waals surface area contributed by atoms with E-state index in [1.165, 1.54) is 74.2 Å². The Balaban J connectivity index is 0.000000195. The van der Waals surface area contributed by atoms with Crippen LogP contribution in [0.5, 0.6) is 0 Å². The number of pyridine rings is 1. The van der Waals surface area contributed by atoms with Gasteiger partial charge in [0.05, 0.1) is 17.8 Å². The van der Waals surface area contributed by atoms with Crippen LogP contribution in [0.4, 0.5) is 16.0 Å². The molecule has 5 N–H and O–H groups in total. The van der Waals surface area contributed by atoms with E-state index in [1.807, 2.05) is 27.2 Å². The fraction of sp³-hybridized carbons (Fsp3) is 0.479. The molecule has 8 rings (SSSR count). The SMILES string of the molecule is CNC.CNc1cc(C2CCN(C3CCCCC3)CC2)ccc1C(=N)C1CCC(=O)NC1=O.O=CC1CCCC(Nc2ncc(F)c(-c3cccc(-n4ccccc4=O)c3)n2)C1. The predicted octanol–water partition coefficient (Wildman–Crippen LogP) is 7.10. The highest BCUT2D eigenvalue weighted by Crippen LogP contribution is 2.35. The number of nitrogens with zero attached hydrogens (tertiary/aromatic N) is 4. The molecule has 14 heteroatoms. The lowest BCUT2D eigenvalue weighted by molar-refractivity contribution is -0.134. The molecule has 0 bridgehead atoms. The van der Waals surface area contributed by atoms with E-state index in [4.69, 9.17) is 5.41 Å². The zero-order valence-corrected chi connectivity index (χ0v) is 36.3. The molecule has 4 heterocycles. The van der Waals surface area contributed by atoms with Gasteiger partial charge in [-0.25, -0.2) is 14.4 Å². The largest absolute Gasteiger partial charge is 0.388 e. The molecule has 330 valence electrons. The van der Waals surface area contributed by atoms with Gasteiger partial charge in [-0.05, 0) is 114 Å². The van der Waals surface area contributed by atoms with Crippen LogP contribution in [0.25, 0.3) is 16.9 Å². The van der Waals surface area contributed by atoms with Crippen molar-refractivity contribution in [2.24, 2.45) is 11.8 Å². The number of anilines is 2. The Bertz CT molecular complexity index is 2220. The minimum atomic E-state index is -0.556. The molecule has 4 aliphatic rings. The Morgan fingerprint density at radius 2 is 1.66 bits per heavy atom. The minimum absolute atomic E-state index is 0.0436. The number of aromatic nitrogens is 3. The smallest absolute Gasteiger partial charge is 0.255 e. The number of imide groups is 1. The van der Waals surface area contributed by atoms with Gasteiger partial charge in [0, 0.05) is 66.2 Å². The second-order valence-electron chi connectivity index (χ2n) is 16.8. The van der Waals surface area contributed by atoms with Crippen molar-refractivity contribution in [3.05, 3.63) is 100 Å². The summed E-state index contributed by atoms with van der Waals surface area (Å²) in [6.45, 7) is 2.36. The second-order valence-corrected chi connectivity index (χ2v) is 16.8. The van der Waals surface area contributed by atoms with Gasteiger partial charge in [-0.15, -0.1) is 0 Å². The van der Waals surface area contributed by atoms with Crippen molar-refractivity contribution in [1.82, 2.24) is 30.1 Å². The summed E-state index contributed by atoms with van der Waals surface area (Å²) in [5.41, 5.74) is 4.45. The molecule has 3 unspecified atom stereocenters. The number of carbonyl (C=O) groups excluding carboxylic acids is 3. The number of aldehydes is 1. The number of benzene rings is 2. The maximum Gasteiger partial charge on any atom is 0.255 e. The Morgan fingerprint density at radius 3 is 2.37 bits per heavy atom. The van der Waals surface area contributed by atoms with E-state index in [2.05, 4.69) is 48.3 Å². The van der Waals surface area contributed by atoms with Gasteiger partial charge in [0.2, 0.25) is 17.8 Å². The molecule has 2 saturated carbocycles. The first-order valence-electron chi connectivity index (χ1n) is 22.2. The number of hydrogen-bond donors (Lipinski definition) is 5. The lowest BCUT2D eigenvalue weighted by Crippen LogP contribution is -2.44. The Labute approximate surface area is 364 Å². The number of hydrogen-bond acceptors (Lipinski definition) is 11. The lowest BCUT2D eigenvalue weighted by Gasteiger charge is -2.39. The van der Waals surface area contributed by atoms with Gasteiger partial charge in [0.25, 0.3) is 5.56 Å². The van der Waals surface area contributed by atoms with Gasteiger partial charge in [-0.3, -0.25) is 24.3 Å². The predicted molar refractivity (Wildman–Crippen MR) is 243 cm³/mol. The monoisotopic (exact) mass is 847 g/mol. The van der Waals surface area contributed by atoms with Crippen molar-refractivity contribution in [3.63, 3.8) is 0 Å². The number of amides is 2. The highest BCUT2D eigenvalue weighted by atomic mass is 19.1. The van der Waals surface area contributed by atoms with E-state index in [9.17, 15) is 23.6 Å². The van der Waals surface area contributed by atoms with Gasteiger partial charge in [-0.1, -0.05) is 56.0 Å². The molecule has 0 radical (unpaired) electrons. The van der Waals surface area contributed by atoms with Crippen LogP contribution in [-0.4, -0.2) is 89.6 Å². The quantitative estimate of drug-likeness (QED) is 0.0630. The molecule has 2 aromatic carbocycles. The van der Waals surface area contributed by atoms with Crippen LogP contribution in [0.2, 0.25) is 0 Å². The maximum absolute atomic E-state index is 14.5. The molecule has 2 amide bonds. The average Bonchev–Trinajstić information content (AvgIpc) is 3.30. The molecule has 4 aromatic rings. The van der Waals surface area contributed by atoms with Crippen molar-refractivity contribution in [1.29, 1.82) is 5.41 Å². The average molecular weight is 848 g/mol. The van der Waals surface area contributed by atoms with Crippen molar-refractivity contribution < 1.29 is 18.8 Å². The summed E-state index contributed by atoms with van der Waals surface area (Å²) >= 11 is 0. The van der Waals surface area contributed by atoms with Crippen molar-refractivity contribution >= 4 is 35.4 Å². The summed E-state index contributed by atoms with van der Waals surface area (Å²) in [6, 6.07) is 19.1. The number of piperidine rings is 2. The maximum atomic E-state index is 14.5. The molecule has 2 aliphatic heterocycles. The fourth-order valence-corrected chi connectivity index (χ4v) is 9.21. The molecular formula is C48H62FN9O4. The standard InChI is InChI=1S/C24H34N4O2.C22H21FN4O2.C2H7N/c1-26-21-15-17(16-11-13-28(14-12-16)18-5-3-2-4-6-18)7-8-19(21)23(25)20-9-10-22(29)27-24(20)30;23-19-13-24-22(25-17-7-3-5-15(11-17)14-28)26-21(19)16-6-4-8-18(12-16)27-10-2-1-9-20(27)29;1-3-2/h7-8,15-16,18,20,25-26H,2-6,9-14H2,1H3,(H,27,29,30);1-2,4,6,8-10,12-15,17H,3,5,7,11H2,(H,24,25,26);3H,1-2H3. The van der Waals surface area contributed by atoms with E-state index in [1.54, 1.807) is 42.6 Å². The second kappa shape index (κ2) is 22.5. The number of carbonyl (C=O) groups is 3. The Kier molecular flexibility index (Phi) is 16.6. The first kappa shape index (κ1) is 45.9. The summed E-state index contributed by atoms with van der Waals surface area (Å²) < 4.78 is 16.0. The summed E-state index contributed by atoms with van der Waals surface area (Å²) in [5, 5.41) is 20.2. The van der Waals surface area contributed by atoms with Crippen LogP contribution in [0.1, 0.15) is 101 Å². The zero-order valence-electron chi connectivity index (χ0n) is 36.3. The number of nitrogens with one attached hydrogen (secondary N) is 5. The lowest BCUT2D eigenvalue weighted by atomic mass is 9.84. The van der Waals surface area contributed by atoms with Crippen molar-refractivity contribution in [2.75, 3.05) is 44.9 Å². The van der Waals surface area contributed by atoms with Crippen LogP contribution in [-0.2, 0) is 14.4 Å². The molecular weight excluding hydrogens is 786 g/mol. The van der Waals surface area contributed by atoms with E-state index in [0.717, 1.165) is 55.5 Å². The highest BCUT2D eigenvalue weighted by molar-refractivity contribution is 6.17. The van der Waals surface area contributed by atoms with Gasteiger partial charge < -0.3 is 31.1 Å². The first-order chi connectivity index (χ1) is 30.1. The molecule has 4 fully saturated rings. The molecule has 62 heavy (non-hydrogen) atoms. The summed E-state index contributed by atoms with van der Waals surface area (Å²) in [5.74, 6) is -0.759. The topological polar surface area (TPSA) is 174 Å². The van der Waals surface area contributed by atoms with Crippen molar-refractivity contribution in [2.45, 2.75) is 101 Å². The number of likely N-dealkylation sites (tertiary alicyclic amines) is 1. The van der Waals surface area contributed by atoms with E-state index >= 15 is 0 Å². The number of rotatable bonds is 10. The van der Waals surface area contributed by atoms with Crippen LogP contribution in [0.3, 0.4) is 0 Å². The molecule has 0 spiro atoms. The van der Waals surface area contributed by atoms with Gasteiger partial charge in [0.15, 0.2) is 5.82 Å².